The van der Waals surface area contributed by atoms with E-state index in [2.05, 4.69) is 28.2 Å². The molecule has 4 nitrogen and oxygen atoms in total. The highest BCUT2D eigenvalue weighted by molar-refractivity contribution is 5.33. The predicted molar refractivity (Wildman–Crippen MR) is 91.1 cm³/mol. The zero-order valence-electron chi connectivity index (χ0n) is 13.2. The number of hydrogen-bond acceptors (Lipinski definition) is 2. The molecule has 0 amide bonds. The van der Waals surface area contributed by atoms with Crippen LogP contribution in [0.2, 0.25) is 0 Å². The monoisotopic (exact) mass is 307 g/mol. The van der Waals surface area contributed by atoms with Gasteiger partial charge in [-0.3, -0.25) is 0 Å². The minimum atomic E-state index is -0.205. The van der Waals surface area contributed by atoms with Gasteiger partial charge in [0.1, 0.15) is 0 Å². The van der Waals surface area contributed by atoms with Crippen molar-refractivity contribution in [3.05, 3.63) is 81.2 Å². The highest BCUT2D eigenvalue weighted by Gasteiger charge is 2.13. The van der Waals surface area contributed by atoms with Crippen LogP contribution in [0.25, 0.3) is 10.4 Å². The van der Waals surface area contributed by atoms with Gasteiger partial charge >= 0.3 is 0 Å². The average Bonchev–Trinajstić information content (AvgIpc) is 2.62. The van der Waals surface area contributed by atoms with Gasteiger partial charge in [0.15, 0.2) is 0 Å². The van der Waals surface area contributed by atoms with Crippen molar-refractivity contribution in [2.24, 2.45) is 5.11 Å². The van der Waals surface area contributed by atoms with E-state index in [4.69, 9.17) is 10.3 Å². The van der Waals surface area contributed by atoms with Crippen molar-refractivity contribution >= 4 is 0 Å². The molecule has 1 aliphatic carbocycles. The lowest BCUT2D eigenvalue weighted by Gasteiger charge is -2.19. The van der Waals surface area contributed by atoms with Crippen molar-refractivity contribution in [2.45, 2.75) is 38.4 Å². The van der Waals surface area contributed by atoms with E-state index in [0.717, 1.165) is 5.56 Å². The smallest absolute Gasteiger partial charge is 0.0885 e. The molecule has 0 heterocycles. The first-order valence-electron chi connectivity index (χ1n) is 8.15. The van der Waals surface area contributed by atoms with Crippen LogP contribution in [0, 0.1) is 0 Å². The fourth-order valence-electron chi connectivity index (χ4n) is 3.11. The van der Waals surface area contributed by atoms with Gasteiger partial charge in [-0.1, -0.05) is 53.6 Å². The quantitative estimate of drug-likeness (QED) is 0.414. The van der Waals surface area contributed by atoms with Crippen molar-refractivity contribution in [3.8, 4) is 0 Å². The molecule has 23 heavy (non-hydrogen) atoms. The van der Waals surface area contributed by atoms with Gasteiger partial charge in [0.05, 0.1) is 19.3 Å². The molecule has 1 atom stereocenters. The van der Waals surface area contributed by atoms with E-state index in [1.54, 1.807) is 0 Å². The Kier molecular flexibility index (Phi) is 5.30. The lowest BCUT2D eigenvalue weighted by Crippen LogP contribution is -2.09. The lowest BCUT2D eigenvalue weighted by atomic mass is 9.90. The largest absolute Gasteiger partial charge is 0.369 e. The topological polar surface area (TPSA) is 58.0 Å². The van der Waals surface area contributed by atoms with Crippen LogP contribution in [0.3, 0.4) is 0 Å². The van der Waals surface area contributed by atoms with Gasteiger partial charge in [-0.2, -0.15) is 0 Å². The number of benzene rings is 2. The molecule has 0 N–H and O–H groups in total. The van der Waals surface area contributed by atoms with Gasteiger partial charge in [0, 0.05) is 4.91 Å². The molecule has 0 fully saturated rings. The first kappa shape index (κ1) is 15.6. The summed E-state index contributed by atoms with van der Waals surface area (Å²) in [7, 11) is 0. The number of nitrogens with zero attached hydrogens (tertiary/aromatic N) is 3. The van der Waals surface area contributed by atoms with Gasteiger partial charge in [-0.15, -0.1) is 0 Å². The highest BCUT2D eigenvalue weighted by Crippen LogP contribution is 2.24. The maximum absolute atomic E-state index is 8.58. The molecule has 0 bridgehead atoms. The third-order valence-electron chi connectivity index (χ3n) is 4.35. The Hall–Kier alpha value is -2.29. The first-order valence-corrected chi connectivity index (χ1v) is 8.15. The Morgan fingerprint density at radius 3 is 2.61 bits per heavy atom. The number of azide groups is 1. The van der Waals surface area contributed by atoms with Crippen molar-refractivity contribution < 1.29 is 4.74 Å². The molecular weight excluding hydrogens is 286 g/mol. The van der Waals surface area contributed by atoms with Gasteiger partial charge in [0.2, 0.25) is 0 Å². The van der Waals surface area contributed by atoms with Crippen LogP contribution in [0.15, 0.2) is 53.6 Å². The lowest BCUT2D eigenvalue weighted by molar-refractivity contribution is 0.0457. The van der Waals surface area contributed by atoms with Crippen LogP contribution >= 0.6 is 0 Å². The Balaban J connectivity index is 1.70. The Morgan fingerprint density at radius 1 is 1.04 bits per heavy atom. The second kappa shape index (κ2) is 7.82. The standard InChI is InChI=1S/C19H21N3O/c20-22-21-13-19(17-7-2-1-3-8-17)23-14-15-10-11-16-6-4-5-9-18(16)12-15/h1-3,7-8,10-12,19H,4-6,9,13-14H2. The van der Waals surface area contributed by atoms with E-state index in [-0.39, 0.29) is 6.10 Å². The molecular formula is C19H21N3O. The summed E-state index contributed by atoms with van der Waals surface area (Å²) in [6.07, 6.45) is 4.73. The molecule has 1 unspecified atom stereocenters. The predicted octanol–water partition coefficient (Wildman–Crippen LogP) is 5.13. The molecule has 0 saturated carbocycles. The van der Waals surface area contributed by atoms with E-state index >= 15 is 0 Å². The number of fused-ring (bicyclic) bond motifs is 1. The maximum atomic E-state index is 8.58. The maximum Gasteiger partial charge on any atom is 0.0885 e. The van der Waals surface area contributed by atoms with Crippen LogP contribution in [-0.4, -0.2) is 6.54 Å². The summed E-state index contributed by atoms with van der Waals surface area (Å²) >= 11 is 0. The van der Waals surface area contributed by atoms with Gasteiger partial charge in [-0.25, -0.2) is 0 Å². The second-order valence-electron chi connectivity index (χ2n) is 5.93. The second-order valence-corrected chi connectivity index (χ2v) is 5.93. The SMILES string of the molecule is [N-]=[N+]=NCC(OCc1ccc2c(c1)CCCC2)c1ccccc1. The van der Waals surface area contributed by atoms with E-state index in [9.17, 15) is 0 Å². The zero-order chi connectivity index (χ0) is 15.9. The van der Waals surface area contributed by atoms with Gasteiger partial charge < -0.3 is 4.74 Å². The molecule has 0 saturated heterocycles. The van der Waals surface area contributed by atoms with Crippen LogP contribution in [0.4, 0.5) is 0 Å². The molecule has 0 radical (unpaired) electrons. The van der Waals surface area contributed by atoms with E-state index in [0.29, 0.717) is 13.2 Å². The summed E-state index contributed by atoms with van der Waals surface area (Å²) in [5.41, 5.74) is 13.8. The molecule has 0 aliphatic heterocycles. The summed E-state index contributed by atoms with van der Waals surface area (Å²) < 4.78 is 6.04. The fraction of sp³-hybridized carbons (Fsp3) is 0.368. The normalized spacial score (nSPS) is 14.6. The summed E-state index contributed by atoms with van der Waals surface area (Å²) in [4.78, 5) is 2.86. The van der Waals surface area contributed by atoms with E-state index < -0.39 is 0 Å². The Bertz CT molecular complexity index is 693. The highest BCUT2D eigenvalue weighted by atomic mass is 16.5. The van der Waals surface area contributed by atoms with Crippen molar-refractivity contribution in [3.63, 3.8) is 0 Å². The van der Waals surface area contributed by atoms with E-state index in [1.165, 1.54) is 42.4 Å². The minimum absolute atomic E-state index is 0.205. The number of hydrogen-bond donors (Lipinski definition) is 0. The molecule has 4 heteroatoms. The number of ether oxygens (including phenoxy) is 1. The summed E-state index contributed by atoms with van der Waals surface area (Å²) in [6, 6.07) is 16.6. The minimum Gasteiger partial charge on any atom is -0.369 e. The molecule has 1 aliphatic rings. The third kappa shape index (κ3) is 4.13. The van der Waals surface area contributed by atoms with Crippen LogP contribution in [0.1, 0.15) is 41.2 Å². The first-order chi connectivity index (χ1) is 11.4. The number of rotatable bonds is 6. The third-order valence-corrected chi connectivity index (χ3v) is 4.35. The fourth-order valence-corrected chi connectivity index (χ4v) is 3.11. The van der Waals surface area contributed by atoms with Crippen LogP contribution < -0.4 is 0 Å². The van der Waals surface area contributed by atoms with Crippen LogP contribution in [-0.2, 0) is 24.2 Å². The molecule has 2 aromatic carbocycles. The van der Waals surface area contributed by atoms with Crippen molar-refractivity contribution in [2.75, 3.05) is 6.54 Å². The molecule has 0 aromatic heterocycles. The molecule has 3 rings (SSSR count). The summed E-state index contributed by atoms with van der Waals surface area (Å²) in [6.45, 7) is 0.846. The van der Waals surface area contributed by atoms with Crippen molar-refractivity contribution in [1.29, 1.82) is 0 Å². The van der Waals surface area contributed by atoms with Gasteiger partial charge in [0.25, 0.3) is 0 Å². The number of aryl methyl sites for hydroxylation is 2. The van der Waals surface area contributed by atoms with Gasteiger partial charge in [-0.05, 0) is 53.5 Å². The van der Waals surface area contributed by atoms with Crippen LogP contribution in [0.5, 0.6) is 0 Å². The summed E-state index contributed by atoms with van der Waals surface area (Å²) in [5.74, 6) is 0. The molecule has 2 aromatic rings. The summed E-state index contributed by atoms with van der Waals surface area (Å²) in [5, 5.41) is 3.69. The average molecular weight is 307 g/mol. The zero-order valence-corrected chi connectivity index (χ0v) is 13.2. The van der Waals surface area contributed by atoms with Crippen molar-refractivity contribution in [1.82, 2.24) is 0 Å². The Labute approximate surface area is 136 Å². The van der Waals surface area contributed by atoms with E-state index in [1.807, 2.05) is 30.3 Å². The molecule has 0 spiro atoms. The Morgan fingerprint density at radius 2 is 1.83 bits per heavy atom. The molecule has 118 valence electrons.